The number of carbonyl (C=O) groups is 1. The lowest BCUT2D eigenvalue weighted by Gasteiger charge is -2.33. The molecule has 2 aliphatic heterocycles. The van der Waals surface area contributed by atoms with Crippen LogP contribution < -0.4 is 0 Å². The van der Waals surface area contributed by atoms with Gasteiger partial charge in [0.25, 0.3) is 0 Å². The third-order valence-corrected chi connectivity index (χ3v) is 4.89. The second-order valence-corrected chi connectivity index (χ2v) is 6.09. The first-order valence-corrected chi connectivity index (χ1v) is 7.59. The van der Waals surface area contributed by atoms with Crippen molar-refractivity contribution in [1.82, 2.24) is 0 Å². The number of benzene rings is 2. The predicted octanol–water partition coefficient (Wildman–Crippen LogP) is 3.82. The van der Waals surface area contributed by atoms with Gasteiger partial charge in [-0.3, -0.25) is 4.79 Å². The standard InChI is InChI=1S/C19H18O2/c20-17-11-12-19(15-9-5-2-6-10-15)13-16(18(17)21-19)14-7-3-1-4-8-14/h1-10,16,18H,11-13H2/t16-,18+,19+/m0/s1. The van der Waals surface area contributed by atoms with Crippen molar-refractivity contribution < 1.29 is 9.53 Å². The highest BCUT2D eigenvalue weighted by Crippen LogP contribution is 2.53. The van der Waals surface area contributed by atoms with E-state index < -0.39 is 0 Å². The van der Waals surface area contributed by atoms with E-state index in [-0.39, 0.29) is 23.4 Å². The second-order valence-electron chi connectivity index (χ2n) is 6.09. The van der Waals surface area contributed by atoms with Gasteiger partial charge in [0.2, 0.25) is 0 Å². The van der Waals surface area contributed by atoms with Gasteiger partial charge in [-0.05, 0) is 24.0 Å². The molecule has 0 aromatic heterocycles. The van der Waals surface area contributed by atoms with Gasteiger partial charge in [-0.2, -0.15) is 0 Å². The molecule has 0 unspecified atom stereocenters. The van der Waals surface area contributed by atoms with Gasteiger partial charge in [0, 0.05) is 12.3 Å². The number of hydrogen-bond donors (Lipinski definition) is 0. The van der Waals surface area contributed by atoms with Gasteiger partial charge in [0.05, 0.1) is 5.60 Å². The van der Waals surface area contributed by atoms with Crippen LogP contribution in [0, 0.1) is 0 Å². The molecule has 4 rings (SSSR count). The topological polar surface area (TPSA) is 26.3 Å². The highest BCUT2D eigenvalue weighted by atomic mass is 16.5. The summed E-state index contributed by atoms with van der Waals surface area (Å²) in [6, 6.07) is 20.7. The molecule has 0 saturated carbocycles. The Morgan fingerprint density at radius 3 is 2.33 bits per heavy atom. The molecule has 106 valence electrons. The lowest BCUT2D eigenvalue weighted by Crippen LogP contribution is -2.36. The number of fused-ring (bicyclic) bond motifs is 2. The molecule has 2 nitrogen and oxygen atoms in total. The number of ether oxygens (including phenoxy) is 1. The summed E-state index contributed by atoms with van der Waals surface area (Å²) >= 11 is 0. The molecule has 2 aromatic rings. The van der Waals surface area contributed by atoms with Crippen molar-refractivity contribution in [1.29, 1.82) is 0 Å². The average molecular weight is 278 g/mol. The Labute approximate surface area is 124 Å². The summed E-state index contributed by atoms with van der Waals surface area (Å²) in [6.45, 7) is 0. The van der Waals surface area contributed by atoms with Gasteiger partial charge in [0.1, 0.15) is 6.10 Å². The van der Waals surface area contributed by atoms with Crippen LogP contribution in [-0.4, -0.2) is 11.9 Å². The average Bonchev–Trinajstić information content (AvgIpc) is 2.89. The first kappa shape index (κ1) is 12.8. The van der Waals surface area contributed by atoms with Crippen LogP contribution in [0.15, 0.2) is 60.7 Å². The Morgan fingerprint density at radius 1 is 0.952 bits per heavy atom. The van der Waals surface area contributed by atoms with Crippen LogP contribution in [0.25, 0.3) is 0 Å². The Morgan fingerprint density at radius 2 is 1.62 bits per heavy atom. The van der Waals surface area contributed by atoms with Crippen LogP contribution in [-0.2, 0) is 15.1 Å². The van der Waals surface area contributed by atoms with Crippen LogP contribution in [0.4, 0.5) is 0 Å². The maximum atomic E-state index is 12.3. The van der Waals surface area contributed by atoms with Crippen LogP contribution in [0.1, 0.15) is 36.3 Å². The first-order valence-electron chi connectivity index (χ1n) is 7.59. The second kappa shape index (κ2) is 4.81. The third kappa shape index (κ3) is 2.02. The first-order chi connectivity index (χ1) is 10.3. The Balaban J connectivity index is 1.75. The third-order valence-electron chi connectivity index (χ3n) is 4.89. The SMILES string of the molecule is O=C1CC[C@]2(c3ccccc3)C[C@@H](c3ccccc3)[C@H]1O2. The van der Waals surface area contributed by atoms with Gasteiger partial charge >= 0.3 is 0 Å². The molecule has 2 heterocycles. The molecule has 2 heteroatoms. The van der Waals surface area contributed by atoms with Gasteiger partial charge in [-0.1, -0.05) is 60.7 Å². The van der Waals surface area contributed by atoms with E-state index in [1.54, 1.807) is 0 Å². The molecule has 0 amide bonds. The molecule has 0 spiro atoms. The van der Waals surface area contributed by atoms with Crippen molar-refractivity contribution >= 4 is 5.78 Å². The minimum Gasteiger partial charge on any atom is -0.359 e. The normalized spacial score (nSPS) is 31.3. The van der Waals surface area contributed by atoms with Crippen molar-refractivity contribution in [2.45, 2.75) is 36.9 Å². The number of carbonyl (C=O) groups excluding carboxylic acids is 1. The zero-order valence-corrected chi connectivity index (χ0v) is 11.9. The molecule has 2 aliphatic rings. The zero-order valence-electron chi connectivity index (χ0n) is 11.9. The molecular weight excluding hydrogens is 260 g/mol. The summed E-state index contributed by atoms with van der Waals surface area (Å²) in [5, 5.41) is 0. The van der Waals surface area contributed by atoms with Crippen molar-refractivity contribution in [2.75, 3.05) is 0 Å². The van der Waals surface area contributed by atoms with Gasteiger partial charge in [-0.25, -0.2) is 0 Å². The smallest absolute Gasteiger partial charge is 0.162 e. The summed E-state index contributed by atoms with van der Waals surface area (Å²) in [5.74, 6) is 0.439. The molecule has 21 heavy (non-hydrogen) atoms. The molecule has 0 N–H and O–H groups in total. The summed E-state index contributed by atoms with van der Waals surface area (Å²) in [5.41, 5.74) is 2.15. The fourth-order valence-electron chi connectivity index (χ4n) is 3.82. The minimum absolute atomic E-state index is 0.182. The Hall–Kier alpha value is -1.93. The van der Waals surface area contributed by atoms with E-state index in [2.05, 4.69) is 36.4 Å². The minimum atomic E-state index is -0.277. The lowest BCUT2D eigenvalue weighted by atomic mass is 9.83. The van der Waals surface area contributed by atoms with E-state index in [1.807, 2.05) is 24.3 Å². The molecular formula is C19H18O2. The van der Waals surface area contributed by atoms with Gasteiger partial charge in [0.15, 0.2) is 5.78 Å². The Kier molecular flexibility index (Phi) is 2.93. The number of ketones is 1. The predicted molar refractivity (Wildman–Crippen MR) is 81.0 cm³/mol. The van der Waals surface area contributed by atoms with E-state index in [4.69, 9.17) is 4.74 Å². The Bertz CT molecular complexity index is 650. The van der Waals surface area contributed by atoms with Crippen LogP contribution in [0.3, 0.4) is 0 Å². The van der Waals surface area contributed by atoms with E-state index in [0.29, 0.717) is 6.42 Å². The molecule has 0 aliphatic carbocycles. The highest BCUT2D eigenvalue weighted by molar-refractivity contribution is 5.86. The lowest BCUT2D eigenvalue weighted by molar-refractivity contribution is -0.147. The zero-order chi connectivity index (χ0) is 14.3. The van der Waals surface area contributed by atoms with Crippen molar-refractivity contribution in [2.24, 2.45) is 0 Å². The fraction of sp³-hybridized carbons (Fsp3) is 0.316. The number of hydrogen-bond acceptors (Lipinski definition) is 2. The molecule has 2 fully saturated rings. The quantitative estimate of drug-likeness (QED) is 0.834. The van der Waals surface area contributed by atoms with Crippen LogP contribution >= 0.6 is 0 Å². The maximum Gasteiger partial charge on any atom is 0.162 e. The highest BCUT2D eigenvalue weighted by Gasteiger charge is 2.53. The van der Waals surface area contributed by atoms with E-state index in [9.17, 15) is 4.79 Å². The van der Waals surface area contributed by atoms with Crippen LogP contribution in [0.2, 0.25) is 0 Å². The monoisotopic (exact) mass is 278 g/mol. The summed E-state index contributed by atoms with van der Waals surface area (Å²) < 4.78 is 6.30. The largest absolute Gasteiger partial charge is 0.359 e. The maximum absolute atomic E-state index is 12.3. The number of rotatable bonds is 2. The molecule has 2 saturated heterocycles. The van der Waals surface area contributed by atoms with E-state index in [0.717, 1.165) is 12.8 Å². The van der Waals surface area contributed by atoms with Gasteiger partial charge in [-0.15, -0.1) is 0 Å². The van der Waals surface area contributed by atoms with E-state index in [1.165, 1.54) is 11.1 Å². The van der Waals surface area contributed by atoms with E-state index >= 15 is 0 Å². The van der Waals surface area contributed by atoms with Crippen molar-refractivity contribution in [3.05, 3.63) is 71.8 Å². The summed E-state index contributed by atoms with van der Waals surface area (Å²) in [6.07, 6.45) is 2.05. The molecule has 3 atom stereocenters. The van der Waals surface area contributed by atoms with Gasteiger partial charge < -0.3 is 4.74 Å². The summed E-state index contributed by atoms with van der Waals surface area (Å²) in [4.78, 5) is 12.3. The van der Waals surface area contributed by atoms with Crippen molar-refractivity contribution in [3.8, 4) is 0 Å². The van der Waals surface area contributed by atoms with Crippen molar-refractivity contribution in [3.63, 3.8) is 0 Å². The fourth-order valence-corrected chi connectivity index (χ4v) is 3.82. The number of Topliss-reactive ketones (excluding diaryl/α,β-unsaturated/α-hetero) is 1. The molecule has 2 aromatic carbocycles. The molecule has 2 bridgehead atoms. The molecule has 0 radical (unpaired) electrons. The van der Waals surface area contributed by atoms with Crippen LogP contribution in [0.5, 0.6) is 0 Å². The summed E-state index contributed by atoms with van der Waals surface area (Å²) in [7, 11) is 0.